The quantitative estimate of drug-likeness (QED) is 0.564. The van der Waals surface area contributed by atoms with Gasteiger partial charge in [0.25, 0.3) is 0 Å². The molecule has 8 heteroatoms. The molecule has 0 aliphatic heterocycles. The lowest BCUT2D eigenvalue weighted by Gasteiger charge is -2.10. The van der Waals surface area contributed by atoms with E-state index in [2.05, 4.69) is 4.98 Å². The standard InChI is InChI=1S/C18H15N3O3S2/c19-26(23,24)13-8-6-12(7-9-13)11-21-17-14(3-1-4-15(17)22)20-18(21)16-5-2-10-25-16/h1-10,22H,11H2,(H2,19,23,24). The Bertz CT molecular complexity index is 1180. The van der Waals surface area contributed by atoms with Crippen molar-refractivity contribution in [3.63, 3.8) is 0 Å². The highest BCUT2D eigenvalue weighted by Crippen LogP contribution is 2.33. The van der Waals surface area contributed by atoms with E-state index in [0.717, 1.165) is 16.3 Å². The number of fused-ring (bicyclic) bond motifs is 1. The zero-order valence-electron chi connectivity index (χ0n) is 13.5. The summed E-state index contributed by atoms with van der Waals surface area (Å²) in [5, 5.41) is 17.5. The first-order chi connectivity index (χ1) is 12.4. The number of phenolic OH excluding ortho intramolecular Hbond substituents is 1. The maximum absolute atomic E-state index is 11.4. The van der Waals surface area contributed by atoms with Gasteiger partial charge in [0.2, 0.25) is 10.0 Å². The molecular weight excluding hydrogens is 370 g/mol. The summed E-state index contributed by atoms with van der Waals surface area (Å²) in [4.78, 5) is 5.72. The van der Waals surface area contributed by atoms with Gasteiger partial charge in [0.1, 0.15) is 11.3 Å². The number of imidazole rings is 1. The van der Waals surface area contributed by atoms with Crippen molar-refractivity contribution in [1.82, 2.24) is 9.55 Å². The van der Waals surface area contributed by atoms with Crippen LogP contribution in [-0.4, -0.2) is 23.1 Å². The van der Waals surface area contributed by atoms with Gasteiger partial charge in [0.05, 0.1) is 15.3 Å². The van der Waals surface area contributed by atoms with Crippen LogP contribution >= 0.6 is 11.3 Å². The Balaban J connectivity index is 1.84. The highest BCUT2D eigenvalue weighted by atomic mass is 32.2. The summed E-state index contributed by atoms with van der Waals surface area (Å²) >= 11 is 1.57. The summed E-state index contributed by atoms with van der Waals surface area (Å²) in [7, 11) is -3.72. The van der Waals surface area contributed by atoms with Gasteiger partial charge < -0.3 is 9.67 Å². The molecule has 4 aromatic rings. The number of aromatic nitrogens is 2. The second-order valence-corrected chi connectivity index (χ2v) is 8.34. The number of nitrogens with zero attached hydrogens (tertiary/aromatic N) is 2. The van der Waals surface area contributed by atoms with E-state index in [9.17, 15) is 13.5 Å². The number of para-hydroxylation sites is 1. The summed E-state index contributed by atoms with van der Waals surface area (Å²) < 4.78 is 24.8. The number of rotatable bonds is 4. The molecule has 2 aromatic heterocycles. The molecule has 132 valence electrons. The molecule has 0 saturated heterocycles. The number of phenols is 1. The van der Waals surface area contributed by atoms with Gasteiger partial charge in [0, 0.05) is 6.54 Å². The van der Waals surface area contributed by atoms with Crippen LogP contribution in [-0.2, 0) is 16.6 Å². The predicted octanol–water partition coefficient (Wildman–Crippen LogP) is 3.17. The normalized spacial score (nSPS) is 11.9. The van der Waals surface area contributed by atoms with Gasteiger partial charge in [-0.2, -0.15) is 0 Å². The minimum atomic E-state index is -3.72. The Labute approximate surface area is 154 Å². The van der Waals surface area contributed by atoms with Gasteiger partial charge in [-0.25, -0.2) is 18.5 Å². The van der Waals surface area contributed by atoms with Crippen molar-refractivity contribution in [2.45, 2.75) is 11.4 Å². The highest BCUT2D eigenvalue weighted by Gasteiger charge is 2.17. The lowest BCUT2D eigenvalue weighted by molar-refractivity contribution is 0.478. The molecule has 0 atom stereocenters. The van der Waals surface area contributed by atoms with Gasteiger partial charge in [0.15, 0.2) is 5.82 Å². The third-order valence-electron chi connectivity index (χ3n) is 4.08. The second kappa shape index (κ2) is 6.24. The fourth-order valence-corrected chi connectivity index (χ4v) is 4.12. The van der Waals surface area contributed by atoms with E-state index in [1.807, 2.05) is 28.1 Å². The number of hydrogen-bond acceptors (Lipinski definition) is 5. The Kier molecular flexibility index (Phi) is 4.03. The molecule has 0 aliphatic rings. The summed E-state index contributed by atoms with van der Waals surface area (Å²) in [6, 6.07) is 15.5. The third-order valence-corrected chi connectivity index (χ3v) is 5.87. The molecule has 2 heterocycles. The van der Waals surface area contributed by atoms with Gasteiger partial charge in [-0.3, -0.25) is 0 Å². The van der Waals surface area contributed by atoms with Crippen LogP contribution in [0.2, 0.25) is 0 Å². The van der Waals surface area contributed by atoms with Crippen LogP contribution in [0.4, 0.5) is 0 Å². The van der Waals surface area contributed by atoms with Crippen molar-refractivity contribution < 1.29 is 13.5 Å². The van der Waals surface area contributed by atoms with Gasteiger partial charge in [-0.1, -0.05) is 24.3 Å². The SMILES string of the molecule is NS(=O)(=O)c1ccc(Cn2c(-c3cccs3)nc3cccc(O)c32)cc1. The van der Waals surface area contributed by atoms with Crippen LogP contribution in [0, 0.1) is 0 Å². The maximum Gasteiger partial charge on any atom is 0.238 e. The third kappa shape index (κ3) is 2.98. The summed E-state index contributed by atoms with van der Waals surface area (Å²) in [6.45, 7) is 0.437. The molecule has 26 heavy (non-hydrogen) atoms. The summed E-state index contributed by atoms with van der Waals surface area (Å²) in [5.74, 6) is 0.908. The molecule has 0 aliphatic carbocycles. The number of primary sulfonamides is 1. The molecule has 0 spiro atoms. The van der Waals surface area contributed by atoms with Crippen molar-refractivity contribution in [2.24, 2.45) is 5.14 Å². The van der Waals surface area contributed by atoms with Crippen LogP contribution < -0.4 is 5.14 Å². The van der Waals surface area contributed by atoms with Gasteiger partial charge >= 0.3 is 0 Å². The first-order valence-corrected chi connectivity index (χ1v) is 10.2. The van der Waals surface area contributed by atoms with Crippen LogP contribution in [0.15, 0.2) is 64.9 Å². The molecule has 2 aromatic carbocycles. The highest BCUT2D eigenvalue weighted by molar-refractivity contribution is 7.89. The second-order valence-electron chi connectivity index (χ2n) is 5.83. The zero-order chi connectivity index (χ0) is 18.3. The van der Waals surface area contributed by atoms with Crippen molar-refractivity contribution in [1.29, 1.82) is 0 Å². The average molecular weight is 385 g/mol. The Morgan fingerprint density at radius 3 is 2.50 bits per heavy atom. The minimum absolute atomic E-state index is 0.0677. The smallest absolute Gasteiger partial charge is 0.238 e. The van der Waals surface area contributed by atoms with Crippen LogP contribution in [0.5, 0.6) is 5.75 Å². The number of sulfonamides is 1. The Hall–Kier alpha value is -2.68. The molecule has 0 bridgehead atoms. The fourth-order valence-electron chi connectivity index (χ4n) is 2.88. The molecule has 0 fully saturated rings. The average Bonchev–Trinajstić information content (AvgIpc) is 3.23. The largest absolute Gasteiger partial charge is 0.506 e. The van der Waals surface area contributed by atoms with Crippen LogP contribution in [0.25, 0.3) is 21.7 Å². The maximum atomic E-state index is 11.4. The van der Waals surface area contributed by atoms with Crippen molar-refractivity contribution in [3.05, 3.63) is 65.5 Å². The van der Waals surface area contributed by atoms with E-state index >= 15 is 0 Å². The number of aromatic hydroxyl groups is 1. The molecule has 0 amide bonds. The first-order valence-electron chi connectivity index (χ1n) is 7.77. The summed E-state index contributed by atoms with van der Waals surface area (Å²) in [6.07, 6.45) is 0. The van der Waals surface area contributed by atoms with Gasteiger partial charge in [-0.05, 0) is 41.3 Å². The fraction of sp³-hybridized carbons (Fsp3) is 0.0556. The summed E-state index contributed by atoms with van der Waals surface area (Å²) in [5.41, 5.74) is 2.22. The lowest BCUT2D eigenvalue weighted by Crippen LogP contribution is -2.12. The van der Waals surface area contributed by atoms with E-state index in [1.54, 1.807) is 35.6 Å². The molecule has 4 rings (SSSR count). The van der Waals surface area contributed by atoms with Gasteiger partial charge in [-0.15, -0.1) is 11.3 Å². The minimum Gasteiger partial charge on any atom is -0.506 e. The number of thiophene rings is 1. The molecule has 0 unspecified atom stereocenters. The lowest BCUT2D eigenvalue weighted by atomic mass is 10.2. The number of nitrogens with two attached hydrogens (primary N) is 1. The molecule has 0 radical (unpaired) electrons. The molecular formula is C18H15N3O3S2. The van der Waals surface area contributed by atoms with E-state index in [-0.39, 0.29) is 10.6 Å². The van der Waals surface area contributed by atoms with Crippen LogP contribution in [0.3, 0.4) is 0 Å². The van der Waals surface area contributed by atoms with Crippen molar-refractivity contribution in [3.8, 4) is 16.5 Å². The number of hydrogen-bond donors (Lipinski definition) is 2. The number of benzene rings is 2. The van der Waals surface area contributed by atoms with E-state index in [0.29, 0.717) is 17.6 Å². The van der Waals surface area contributed by atoms with Crippen molar-refractivity contribution in [2.75, 3.05) is 0 Å². The molecule has 0 saturated carbocycles. The Morgan fingerprint density at radius 2 is 1.85 bits per heavy atom. The van der Waals surface area contributed by atoms with E-state index < -0.39 is 10.0 Å². The topological polar surface area (TPSA) is 98.2 Å². The van der Waals surface area contributed by atoms with E-state index in [4.69, 9.17) is 5.14 Å². The molecule has 6 nitrogen and oxygen atoms in total. The first kappa shape index (κ1) is 16.8. The van der Waals surface area contributed by atoms with E-state index in [1.165, 1.54) is 12.1 Å². The monoisotopic (exact) mass is 385 g/mol. The zero-order valence-corrected chi connectivity index (χ0v) is 15.2. The Morgan fingerprint density at radius 1 is 1.08 bits per heavy atom. The molecule has 3 N–H and O–H groups in total. The van der Waals surface area contributed by atoms with Crippen LogP contribution in [0.1, 0.15) is 5.56 Å². The van der Waals surface area contributed by atoms with Crippen molar-refractivity contribution >= 4 is 32.4 Å². The predicted molar refractivity (Wildman–Crippen MR) is 102 cm³/mol.